The molecule has 9 nitrogen and oxygen atoms in total. The van der Waals surface area contributed by atoms with E-state index in [1.165, 1.54) is 6.20 Å². The van der Waals surface area contributed by atoms with E-state index in [9.17, 15) is 5.11 Å². The number of methoxy groups -OCH3 is 3. The van der Waals surface area contributed by atoms with Gasteiger partial charge in [-0.2, -0.15) is 0 Å². The van der Waals surface area contributed by atoms with Gasteiger partial charge in [0.05, 0.1) is 33.7 Å². The molecule has 0 bridgehead atoms. The number of ether oxygens (including phenoxy) is 4. The molecule has 1 saturated heterocycles. The summed E-state index contributed by atoms with van der Waals surface area (Å²) in [7, 11) is 4.64. The number of aromatic nitrogens is 2. The van der Waals surface area contributed by atoms with Crippen LogP contribution >= 0.6 is 11.6 Å². The Bertz CT molecular complexity index is 808. The molecule has 0 saturated carbocycles. The molecule has 30 heavy (non-hydrogen) atoms. The van der Waals surface area contributed by atoms with Crippen LogP contribution in [0.2, 0.25) is 5.15 Å². The highest BCUT2D eigenvalue weighted by Gasteiger charge is 2.21. The monoisotopic (exact) mass is 438 g/mol. The van der Waals surface area contributed by atoms with E-state index in [4.69, 9.17) is 30.5 Å². The minimum atomic E-state index is -0.637. The van der Waals surface area contributed by atoms with Gasteiger partial charge >= 0.3 is 0 Å². The minimum Gasteiger partial charge on any atom is -0.493 e. The quantitative estimate of drug-likeness (QED) is 0.628. The molecule has 3 rings (SSSR count). The fourth-order valence-electron chi connectivity index (χ4n) is 3.33. The Morgan fingerprint density at radius 2 is 1.70 bits per heavy atom. The lowest BCUT2D eigenvalue weighted by atomic mass is 10.2. The number of hydrogen-bond acceptors (Lipinski definition) is 9. The molecule has 164 valence electrons. The van der Waals surface area contributed by atoms with Crippen LogP contribution in [-0.2, 0) is 0 Å². The number of benzene rings is 1. The Morgan fingerprint density at radius 3 is 2.27 bits per heavy atom. The average Bonchev–Trinajstić information content (AvgIpc) is 2.77. The largest absolute Gasteiger partial charge is 0.493 e. The lowest BCUT2D eigenvalue weighted by Gasteiger charge is -2.36. The van der Waals surface area contributed by atoms with Crippen molar-refractivity contribution in [2.75, 3.05) is 65.6 Å². The van der Waals surface area contributed by atoms with Gasteiger partial charge in [-0.1, -0.05) is 11.6 Å². The molecule has 10 heteroatoms. The first-order chi connectivity index (χ1) is 14.5. The lowest BCUT2D eigenvalue weighted by molar-refractivity contribution is 0.0660. The van der Waals surface area contributed by atoms with Crippen molar-refractivity contribution in [1.29, 1.82) is 0 Å². The summed E-state index contributed by atoms with van der Waals surface area (Å²) in [6.45, 7) is 3.84. The van der Waals surface area contributed by atoms with Crippen molar-refractivity contribution in [3.05, 3.63) is 29.7 Å². The second-order valence-corrected chi connectivity index (χ2v) is 7.20. The number of piperazine rings is 1. The summed E-state index contributed by atoms with van der Waals surface area (Å²) in [6.07, 6.45) is 2.59. The van der Waals surface area contributed by atoms with E-state index in [-0.39, 0.29) is 6.61 Å². The fraction of sp³-hybridized carbons (Fsp3) is 0.500. The van der Waals surface area contributed by atoms with Crippen LogP contribution in [0.5, 0.6) is 23.0 Å². The van der Waals surface area contributed by atoms with E-state index in [1.807, 2.05) is 0 Å². The molecule has 1 aromatic carbocycles. The van der Waals surface area contributed by atoms with Crippen molar-refractivity contribution in [2.24, 2.45) is 0 Å². The van der Waals surface area contributed by atoms with Gasteiger partial charge in [-0.05, 0) is 0 Å². The van der Waals surface area contributed by atoms with Crippen LogP contribution in [0.25, 0.3) is 0 Å². The number of anilines is 1. The molecule has 0 spiro atoms. The summed E-state index contributed by atoms with van der Waals surface area (Å²) in [5.74, 6) is 2.81. The zero-order valence-corrected chi connectivity index (χ0v) is 18.1. The van der Waals surface area contributed by atoms with Crippen LogP contribution in [0.3, 0.4) is 0 Å². The first-order valence-electron chi connectivity index (χ1n) is 9.59. The predicted molar refractivity (Wildman–Crippen MR) is 113 cm³/mol. The van der Waals surface area contributed by atoms with E-state index in [1.54, 1.807) is 39.7 Å². The normalized spacial score (nSPS) is 15.6. The molecule has 1 aromatic heterocycles. The number of nitrogens with zero attached hydrogens (tertiary/aromatic N) is 4. The highest BCUT2D eigenvalue weighted by atomic mass is 35.5. The third-order valence-corrected chi connectivity index (χ3v) is 5.02. The average molecular weight is 439 g/mol. The van der Waals surface area contributed by atoms with Gasteiger partial charge in [-0.15, -0.1) is 0 Å². The second kappa shape index (κ2) is 10.5. The zero-order valence-electron chi connectivity index (χ0n) is 17.4. The SMILES string of the molecule is COc1cc(OCC(O)CN2CCN(c3cncc(Cl)n3)CC2)cc(OC)c1OC. The molecule has 0 radical (unpaired) electrons. The maximum Gasteiger partial charge on any atom is 0.203 e. The van der Waals surface area contributed by atoms with Crippen LogP contribution in [-0.4, -0.2) is 86.7 Å². The van der Waals surface area contributed by atoms with E-state index in [0.29, 0.717) is 34.7 Å². The van der Waals surface area contributed by atoms with Crippen LogP contribution < -0.4 is 23.8 Å². The Labute approximate surface area is 181 Å². The summed E-state index contributed by atoms with van der Waals surface area (Å²) >= 11 is 5.92. The maximum atomic E-state index is 10.4. The predicted octanol–water partition coefficient (Wildman–Crippen LogP) is 1.72. The fourth-order valence-corrected chi connectivity index (χ4v) is 3.47. The Kier molecular flexibility index (Phi) is 7.78. The summed E-state index contributed by atoms with van der Waals surface area (Å²) < 4.78 is 21.7. The molecule has 1 unspecified atom stereocenters. The molecule has 1 aliphatic rings. The molecule has 2 aromatic rings. The van der Waals surface area contributed by atoms with Crippen LogP contribution in [0.15, 0.2) is 24.5 Å². The highest BCUT2D eigenvalue weighted by molar-refractivity contribution is 6.29. The van der Waals surface area contributed by atoms with Crippen molar-refractivity contribution >= 4 is 17.4 Å². The number of β-amino-alcohol motifs (C(OH)–C–C–N with tert-alkyl or cyclic N) is 1. The smallest absolute Gasteiger partial charge is 0.203 e. The van der Waals surface area contributed by atoms with E-state index in [2.05, 4.69) is 19.8 Å². The summed E-state index contributed by atoms with van der Waals surface area (Å²) in [4.78, 5) is 12.7. The molecular weight excluding hydrogens is 412 g/mol. The number of aliphatic hydroxyl groups is 1. The second-order valence-electron chi connectivity index (χ2n) is 6.81. The Balaban J connectivity index is 1.49. The van der Waals surface area contributed by atoms with Crippen molar-refractivity contribution in [3.63, 3.8) is 0 Å². The molecule has 1 aliphatic heterocycles. The van der Waals surface area contributed by atoms with Crippen LogP contribution in [0.1, 0.15) is 0 Å². The number of halogens is 1. The number of rotatable bonds is 9. The molecule has 1 N–H and O–H groups in total. The number of aliphatic hydroxyl groups excluding tert-OH is 1. The third kappa shape index (κ3) is 5.56. The van der Waals surface area contributed by atoms with Gasteiger partial charge in [-0.3, -0.25) is 9.88 Å². The van der Waals surface area contributed by atoms with Gasteiger partial charge in [0.15, 0.2) is 11.5 Å². The van der Waals surface area contributed by atoms with E-state index >= 15 is 0 Å². The molecule has 0 aliphatic carbocycles. The Morgan fingerprint density at radius 1 is 1.03 bits per heavy atom. The lowest BCUT2D eigenvalue weighted by Crippen LogP contribution is -2.49. The zero-order chi connectivity index (χ0) is 21.5. The molecule has 0 amide bonds. The Hall–Kier alpha value is -2.49. The molecular formula is C20H27ClN4O5. The minimum absolute atomic E-state index is 0.151. The van der Waals surface area contributed by atoms with E-state index < -0.39 is 6.10 Å². The van der Waals surface area contributed by atoms with Crippen molar-refractivity contribution < 1.29 is 24.1 Å². The molecule has 2 heterocycles. The van der Waals surface area contributed by atoms with Gasteiger partial charge in [0.2, 0.25) is 5.75 Å². The first kappa shape index (κ1) is 22.2. The summed E-state index contributed by atoms with van der Waals surface area (Å²) in [5, 5.41) is 10.8. The van der Waals surface area contributed by atoms with Gasteiger partial charge < -0.3 is 29.0 Å². The highest BCUT2D eigenvalue weighted by Crippen LogP contribution is 2.40. The van der Waals surface area contributed by atoms with E-state index in [0.717, 1.165) is 32.0 Å². The molecule has 1 fully saturated rings. The van der Waals surface area contributed by atoms with Crippen molar-refractivity contribution in [3.8, 4) is 23.0 Å². The van der Waals surface area contributed by atoms with Gasteiger partial charge in [0.25, 0.3) is 0 Å². The van der Waals surface area contributed by atoms with Crippen LogP contribution in [0, 0.1) is 0 Å². The van der Waals surface area contributed by atoms with Crippen LogP contribution in [0.4, 0.5) is 5.82 Å². The first-order valence-corrected chi connectivity index (χ1v) is 9.97. The van der Waals surface area contributed by atoms with Gasteiger partial charge in [0, 0.05) is 44.9 Å². The number of hydrogen-bond donors (Lipinski definition) is 1. The van der Waals surface area contributed by atoms with Gasteiger partial charge in [-0.25, -0.2) is 4.98 Å². The van der Waals surface area contributed by atoms with Crippen molar-refractivity contribution in [2.45, 2.75) is 6.10 Å². The standard InChI is InChI=1S/C20H27ClN4O5/c1-27-16-8-15(9-17(28-2)20(16)29-3)30-13-14(26)12-24-4-6-25(7-5-24)19-11-22-10-18(21)23-19/h8-11,14,26H,4-7,12-13H2,1-3H3. The van der Waals surface area contributed by atoms with Gasteiger partial charge in [0.1, 0.15) is 29.4 Å². The maximum absolute atomic E-state index is 10.4. The summed E-state index contributed by atoms with van der Waals surface area (Å²) in [6, 6.07) is 3.41. The topological polar surface area (TPSA) is 89.4 Å². The third-order valence-electron chi connectivity index (χ3n) is 4.84. The van der Waals surface area contributed by atoms with Crippen molar-refractivity contribution in [1.82, 2.24) is 14.9 Å². The molecule has 1 atom stereocenters. The summed E-state index contributed by atoms with van der Waals surface area (Å²) in [5.41, 5.74) is 0.